The lowest BCUT2D eigenvalue weighted by Gasteiger charge is -2.24. The molecule has 0 aromatic heterocycles. The number of rotatable bonds is 8. The summed E-state index contributed by atoms with van der Waals surface area (Å²) in [5, 5.41) is 0. The van der Waals surface area contributed by atoms with Crippen LogP contribution in [0.3, 0.4) is 0 Å². The van der Waals surface area contributed by atoms with Crippen molar-refractivity contribution in [3.63, 3.8) is 0 Å². The fourth-order valence-electron chi connectivity index (χ4n) is 2.96. The number of ether oxygens (including phenoxy) is 3. The summed E-state index contributed by atoms with van der Waals surface area (Å²) >= 11 is 0. The number of amides is 1. The minimum atomic E-state index is -3.07. The lowest BCUT2D eigenvalue weighted by molar-refractivity contribution is 0.0746. The molecule has 2 rings (SSSR count). The van der Waals surface area contributed by atoms with E-state index in [1.807, 2.05) is 20.8 Å². The molecule has 0 spiro atoms. The first-order valence-corrected chi connectivity index (χ1v) is 10.7. The van der Waals surface area contributed by atoms with Crippen molar-refractivity contribution in [2.24, 2.45) is 0 Å². The summed E-state index contributed by atoms with van der Waals surface area (Å²) in [6, 6.07) is 2.93. The van der Waals surface area contributed by atoms with Crippen molar-refractivity contribution >= 4 is 15.7 Å². The molecule has 0 aliphatic carbocycles. The third kappa shape index (κ3) is 4.60. The summed E-state index contributed by atoms with van der Waals surface area (Å²) in [7, 11) is -1.44. The zero-order valence-electron chi connectivity index (χ0n) is 15.8. The molecule has 1 heterocycles. The van der Waals surface area contributed by atoms with Crippen LogP contribution in [0.15, 0.2) is 12.1 Å². The van der Waals surface area contributed by atoms with E-state index in [-0.39, 0.29) is 23.5 Å². The van der Waals surface area contributed by atoms with Gasteiger partial charge in [-0.1, -0.05) is 0 Å². The number of hydrogen-bond donors (Lipinski definition) is 0. The van der Waals surface area contributed by atoms with Gasteiger partial charge in [-0.3, -0.25) is 4.79 Å². The van der Waals surface area contributed by atoms with Gasteiger partial charge in [-0.2, -0.15) is 0 Å². The standard InChI is InChI=1S/C18H27NO6S/c1-5-23-15-10-13(11-16(24-6-2)17(15)25-7-3)18(20)19(4)14-8-9-26(21,22)12-14/h10-11,14H,5-9,12H2,1-4H3. The summed E-state index contributed by atoms with van der Waals surface area (Å²) < 4.78 is 40.3. The van der Waals surface area contributed by atoms with Gasteiger partial charge in [-0.15, -0.1) is 0 Å². The molecule has 0 saturated carbocycles. The molecule has 1 aromatic rings. The summed E-state index contributed by atoms with van der Waals surface area (Å²) in [5.74, 6) is 1.21. The number of carbonyl (C=O) groups excluding carboxylic acids is 1. The van der Waals surface area contributed by atoms with Crippen LogP contribution in [-0.2, 0) is 9.84 Å². The Morgan fingerprint density at radius 2 is 1.62 bits per heavy atom. The number of hydrogen-bond acceptors (Lipinski definition) is 6. The lowest BCUT2D eigenvalue weighted by Crippen LogP contribution is -2.37. The van der Waals surface area contributed by atoms with Gasteiger partial charge in [0.05, 0.1) is 31.3 Å². The van der Waals surface area contributed by atoms with Gasteiger partial charge in [0.1, 0.15) is 0 Å². The minimum absolute atomic E-state index is 0.00288. The molecule has 0 radical (unpaired) electrons. The van der Waals surface area contributed by atoms with E-state index in [2.05, 4.69) is 0 Å². The normalized spacial score (nSPS) is 18.4. The maximum Gasteiger partial charge on any atom is 0.254 e. The van der Waals surface area contributed by atoms with Gasteiger partial charge >= 0.3 is 0 Å². The third-order valence-corrected chi connectivity index (χ3v) is 5.98. The Morgan fingerprint density at radius 3 is 2.04 bits per heavy atom. The van der Waals surface area contributed by atoms with Crippen LogP contribution in [0.1, 0.15) is 37.6 Å². The zero-order chi connectivity index (χ0) is 19.3. The Morgan fingerprint density at radius 1 is 1.08 bits per heavy atom. The van der Waals surface area contributed by atoms with Crippen molar-refractivity contribution < 1.29 is 27.4 Å². The van der Waals surface area contributed by atoms with Crippen LogP contribution in [-0.4, -0.2) is 63.6 Å². The smallest absolute Gasteiger partial charge is 0.254 e. The molecule has 1 amide bonds. The Balaban J connectivity index is 2.36. The second-order valence-corrected chi connectivity index (χ2v) is 8.30. The Hall–Kier alpha value is -1.96. The average Bonchev–Trinajstić information content (AvgIpc) is 2.96. The average molecular weight is 385 g/mol. The van der Waals surface area contributed by atoms with Gasteiger partial charge in [0.15, 0.2) is 21.3 Å². The van der Waals surface area contributed by atoms with Crippen molar-refractivity contribution in [3.05, 3.63) is 17.7 Å². The highest BCUT2D eigenvalue weighted by atomic mass is 32.2. The van der Waals surface area contributed by atoms with E-state index in [0.29, 0.717) is 49.1 Å². The molecular formula is C18H27NO6S. The van der Waals surface area contributed by atoms with Gasteiger partial charge in [-0.25, -0.2) is 8.42 Å². The first kappa shape index (κ1) is 20.4. The third-order valence-electron chi connectivity index (χ3n) is 4.23. The lowest BCUT2D eigenvalue weighted by atomic mass is 10.1. The van der Waals surface area contributed by atoms with Gasteiger partial charge in [0, 0.05) is 18.7 Å². The summed E-state index contributed by atoms with van der Waals surface area (Å²) in [6.07, 6.45) is 0.457. The van der Waals surface area contributed by atoms with E-state index in [0.717, 1.165) is 0 Å². The molecular weight excluding hydrogens is 358 g/mol. The molecule has 1 fully saturated rings. The topological polar surface area (TPSA) is 82.1 Å². The Bertz CT molecular complexity index is 719. The van der Waals surface area contributed by atoms with Crippen LogP contribution in [0.5, 0.6) is 17.2 Å². The van der Waals surface area contributed by atoms with Crippen molar-refractivity contribution in [2.75, 3.05) is 38.4 Å². The highest BCUT2D eigenvalue weighted by Crippen LogP contribution is 2.39. The maximum atomic E-state index is 12.9. The molecule has 0 N–H and O–H groups in total. The molecule has 26 heavy (non-hydrogen) atoms. The zero-order valence-corrected chi connectivity index (χ0v) is 16.6. The number of nitrogens with zero attached hydrogens (tertiary/aromatic N) is 1. The first-order chi connectivity index (χ1) is 12.3. The van der Waals surface area contributed by atoms with E-state index in [4.69, 9.17) is 14.2 Å². The van der Waals surface area contributed by atoms with Crippen molar-refractivity contribution in [1.82, 2.24) is 4.90 Å². The Kier molecular flexibility index (Phi) is 6.75. The highest BCUT2D eigenvalue weighted by Gasteiger charge is 2.33. The summed E-state index contributed by atoms with van der Waals surface area (Å²) in [4.78, 5) is 14.4. The van der Waals surface area contributed by atoms with E-state index in [9.17, 15) is 13.2 Å². The molecule has 1 aromatic carbocycles. The van der Waals surface area contributed by atoms with E-state index in [1.165, 1.54) is 4.90 Å². The van der Waals surface area contributed by atoms with E-state index in [1.54, 1.807) is 19.2 Å². The molecule has 7 nitrogen and oxygen atoms in total. The number of carbonyl (C=O) groups is 1. The van der Waals surface area contributed by atoms with E-state index >= 15 is 0 Å². The van der Waals surface area contributed by atoms with Gasteiger partial charge in [0.25, 0.3) is 5.91 Å². The van der Waals surface area contributed by atoms with Crippen molar-refractivity contribution in [2.45, 2.75) is 33.2 Å². The fraction of sp³-hybridized carbons (Fsp3) is 0.611. The predicted molar refractivity (Wildman–Crippen MR) is 99.1 cm³/mol. The summed E-state index contributed by atoms with van der Waals surface area (Å²) in [6.45, 7) is 6.83. The van der Waals surface area contributed by atoms with Crippen LogP contribution in [0.2, 0.25) is 0 Å². The number of benzene rings is 1. The molecule has 146 valence electrons. The fourth-order valence-corrected chi connectivity index (χ4v) is 4.74. The largest absolute Gasteiger partial charge is 0.490 e. The van der Waals surface area contributed by atoms with Gasteiger partial charge < -0.3 is 19.1 Å². The molecule has 8 heteroatoms. The SMILES string of the molecule is CCOc1cc(C(=O)N(C)C2CCS(=O)(=O)C2)cc(OCC)c1OCC. The molecule has 1 aliphatic rings. The second-order valence-electron chi connectivity index (χ2n) is 6.07. The van der Waals surface area contributed by atoms with Gasteiger partial charge in [-0.05, 0) is 39.3 Å². The Labute approximate surface area is 155 Å². The maximum absolute atomic E-state index is 12.9. The molecule has 1 atom stereocenters. The first-order valence-electron chi connectivity index (χ1n) is 8.86. The second kappa shape index (κ2) is 8.62. The monoisotopic (exact) mass is 385 g/mol. The molecule has 1 aliphatic heterocycles. The van der Waals surface area contributed by atoms with Crippen LogP contribution in [0, 0.1) is 0 Å². The predicted octanol–water partition coefficient (Wildman–Crippen LogP) is 2.14. The van der Waals surface area contributed by atoms with Crippen LogP contribution in [0.4, 0.5) is 0 Å². The molecule has 0 bridgehead atoms. The molecule has 1 saturated heterocycles. The van der Waals surface area contributed by atoms with Crippen LogP contribution in [0.25, 0.3) is 0 Å². The number of sulfone groups is 1. The van der Waals surface area contributed by atoms with Crippen molar-refractivity contribution in [1.29, 1.82) is 0 Å². The van der Waals surface area contributed by atoms with Crippen molar-refractivity contribution in [3.8, 4) is 17.2 Å². The summed E-state index contributed by atoms with van der Waals surface area (Å²) in [5.41, 5.74) is 0.382. The van der Waals surface area contributed by atoms with Gasteiger partial charge in [0.2, 0.25) is 5.75 Å². The quantitative estimate of drug-likeness (QED) is 0.682. The molecule has 1 unspecified atom stereocenters. The van der Waals surface area contributed by atoms with Crippen LogP contribution >= 0.6 is 0 Å². The van der Waals surface area contributed by atoms with E-state index < -0.39 is 9.84 Å². The van der Waals surface area contributed by atoms with Crippen LogP contribution < -0.4 is 14.2 Å². The highest BCUT2D eigenvalue weighted by molar-refractivity contribution is 7.91. The minimum Gasteiger partial charge on any atom is -0.490 e.